The first-order valence-corrected chi connectivity index (χ1v) is 7.65. The van der Waals surface area contributed by atoms with Gasteiger partial charge in [0, 0.05) is 14.1 Å². The van der Waals surface area contributed by atoms with Crippen LogP contribution in [0.4, 0.5) is 11.5 Å². The van der Waals surface area contributed by atoms with Gasteiger partial charge in [0.25, 0.3) is 11.3 Å². The van der Waals surface area contributed by atoms with E-state index < -0.39 is 23.0 Å². The topological polar surface area (TPSA) is 125 Å². The van der Waals surface area contributed by atoms with E-state index in [0.717, 1.165) is 9.13 Å². The van der Waals surface area contributed by atoms with E-state index in [1.807, 2.05) is 0 Å². The molecule has 3 N–H and O–H groups in total. The number of benzene rings is 1. The van der Waals surface area contributed by atoms with Crippen LogP contribution in [0.3, 0.4) is 0 Å². The number of rotatable bonds is 3. The molecule has 0 aliphatic carbocycles. The summed E-state index contributed by atoms with van der Waals surface area (Å²) in [6, 6.07) is 8.66. The molecule has 1 fully saturated rings. The summed E-state index contributed by atoms with van der Waals surface area (Å²) < 4.78 is 6.79. The van der Waals surface area contributed by atoms with Crippen molar-refractivity contribution in [2.75, 3.05) is 17.7 Å². The molecule has 0 bridgehead atoms. The summed E-state index contributed by atoms with van der Waals surface area (Å²) in [6.07, 6.45) is 0. The molecular weight excluding hydrogens is 340 g/mol. The Morgan fingerprint density at radius 1 is 1.08 bits per heavy atom. The number of anilines is 2. The summed E-state index contributed by atoms with van der Waals surface area (Å²) in [6.45, 7) is -0.221. The summed E-state index contributed by atoms with van der Waals surface area (Å²) in [7, 11) is 2.74. The maximum absolute atomic E-state index is 12.5. The van der Waals surface area contributed by atoms with E-state index in [0.29, 0.717) is 5.56 Å². The fourth-order valence-corrected chi connectivity index (χ4v) is 2.61. The summed E-state index contributed by atoms with van der Waals surface area (Å²) >= 11 is 0. The van der Waals surface area contributed by atoms with Crippen molar-refractivity contribution in [3.8, 4) is 0 Å². The van der Waals surface area contributed by atoms with Crippen molar-refractivity contribution < 1.29 is 14.3 Å². The van der Waals surface area contributed by atoms with Crippen molar-refractivity contribution in [2.45, 2.75) is 0 Å². The number of ether oxygens (including phenoxy) is 1. The van der Waals surface area contributed by atoms with Crippen molar-refractivity contribution >= 4 is 29.0 Å². The fraction of sp³-hybridized carbons (Fsp3) is 0.176. The first-order valence-electron chi connectivity index (χ1n) is 7.65. The monoisotopic (exact) mass is 356 g/mol. The second-order valence-electron chi connectivity index (χ2n) is 5.72. The molecule has 1 aliphatic rings. The van der Waals surface area contributed by atoms with Crippen molar-refractivity contribution in [2.24, 2.45) is 14.1 Å². The number of ketones is 1. The molecule has 1 aromatic carbocycles. The largest absolute Gasteiger partial charge is 0.455 e. The van der Waals surface area contributed by atoms with Gasteiger partial charge in [-0.15, -0.1) is 0 Å². The van der Waals surface area contributed by atoms with Crippen LogP contribution >= 0.6 is 0 Å². The highest BCUT2D eigenvalue weighted by molar-refractivity contribution is 6.44. The van der Waals surface area contributed by atoms with E-state index in [2.05, 4.69) is 5.32 Å². The van der Waals surface area contributed by atoms with E-state index in [9.17, 15) is 19.2 Å². The normalized spacial score (nSPS) is 15.8. The van der Waals surface area contributed by atoms with Crippen molar-refractivity contribution in [1.82, 2.24) is 9.13 Å². The lowest BCUT2D eigenvalue weighted by Crippen LogP contribution is -2.39. The molecule has 134 valence electrons. The van der Waals surface area contributed by atoms with Gasteiger partial charge in [0.1, 0.15) is 18.1 Å². The molecule has 1 aromatic heterocycles. The van der Waals surface area contributed by atoms with E-state index >= 15 is 0 Å². The third kappa shape index (κ3) is 2.69. The molecule has 1 saturated heterocycles. The number of hydrogen-bond acceptors (Lipinski definition) is 7. The van der Waals surface area contributed by atoms with Crippen molar-refractivity contribution in [3.05, 3.63) is 62.3 Å². The second kappa shape index (κ2) is 6.36. The van der Waals surface area contributed by atoms with Gasteiger partial charge in [0.15, 0.2) is 0 Å². The lowest BCUT2D eigenvalue weighted by Gasteiger charge is -2.16. The number of esters is 1. The highest BCUT2D eigenvalue weighted by Gasteiger charge is 2.33. The second-order valence-corrected chi connectivity index (χ2v) is 5.72. The molecule has 0 saturated carbocycles. The van der Waals surface area contributed by atoms with E-state index in [1.54, 1.807) is 30.3 Å². The van der Waals surface area contributed by atoms with Gasteiger partial charge in [0.2, 0.25) is 0 Å². The lowest BCUT2D eigenvalue weighted by molar-refractivity contribution is -0.146. The molecule has 9 nitrogen and oxygen atoms in total. The molecule has 0 spiro atoms. The fourth-order valence-electron chi connectivity index (χ4n) is 2.61. The van der Waals surface area contributed by atoms with Crippen LogP contribution in [-0.2, 0) is 28.4 Å². The molecule has 2 heterocycles. The minimum Gasteiger partial charge on any atom is -0.455 e. The summed E-state index contributed by atoms with van der Waals surface area (Å²) in [5.41, 5.74) is 5.48. The van der Waals surface area contributed by atoms with Crippen LogP contribution in [0.1, 0.15) is 5.56 Å². The predicted octanol–water partition coefficient (Wildman–Crippen LogP) is -0.385. The van der Waals surface area contributed by atoms with Crippen LogP contribution in [0.5, 0.6) is 0 Å². The predicted molar refractivity (Wildman–Crippen MR) is 94.3 cm³/mol. The number of carbonyl (C=O) groups excluding carboxylic acids is 2. The summed E-state index contributed by atoms with van der Waals surface area (Å²) in [5.74, 6) is -1.85. The van der Waals surface area contributed by atoms with Gasteiger partial charge in [-0.05, 0) is 5.56 Å². The van der Waals surface area contributed by atoms with Crippen molar-refractivity contribution in [3.63, 3.8) is 0 Å². The molecule has 1 aliphatic heterocycles. The number of Topliss-reactive ketones (excluding diaryl/α,β-unsaturated/α-hetero) is 1. The highest BCUT2D eigenvalue weighted by Crippen LogP contribution is 2.26. The zero-order valence-corrected chi connectivity index (χ0v) is 14.1. The van der Waals surface area contributed by atoms with Gasteiger partial charge in [-0.3, -0.25) is 18.7 Å². The van der Waals surface area contributed by atoms with Crippen LogP contribution in [0.15, 0.2) is 45.5 Å². The Labute approximate surface area is 147 Å². The number of carbonyl (C=O) groups is 2. The molecule has 26 heavy (non-hydrogen) atoms. The standard InChI is InChI=1S/C17H16N4O5/c1-20-14(18)12(15(23)21(2)17(20)25)19-11(9-6-4-3-5-7-9)10-8-26-16(24)13(10)22/h3-7,19H,8,18H2,1-2H3/b11-10-. The Balaban J connectivity index is 2.23. The van der Waals surface area contributed by atoms with Crippen molar-refractivity contribution in [1.29, 1.82) is 0 Å². The van der Waals surface area contributed by atoms with Crippen LogP contribution in [0.2, 0.25) is 0 Å². The van der Waals surface area contributed by atoms with Gasteiger partial charge in [0.05, 0.1) is 11.3 Å². The third-order valence-corrected chi connectivity index (χ3v) is 4.13. The number of nitrogens with one attached hydrogen (secondary N) is 1. The minimum absolute atomic E-state index is 0.0758. The number of nitrogen functional groups attached to an aromatic ring is 1. The lowest BCUT2D eigenvalue weighted by atomic mass is 10.0. The van der Waals surface area contributed by atoms with Gasteiger partial charge in [-0.2, -0.15) is 0 Å². The molecule has 0 radical (unpaired) electrons. The number of nitrogens with zero attached hydrogens (tertiary/aromatic N) is 2. The zero-order valence-electron chi connectivity index (χ0n) is 14.1. The van der Waals surface area contributed by atoms with Gasteiger partial charge in [-0.1, -0.05) is 30.3 Å². The van der Waals surface area contributed by atoms with Gasteiger partial charge < -0.3 is 15.8 Å². The Hall–Kier alpha value is -3.62. The Bertz CT molecular complexity index is 1060. The number of aromatic nitrogens is 2. The molecule has 9 heteroatoms. The van der Waals surface area contributed by atoms with Gasteiger partial charge >= 0.3 is 11.7 Å². The van der Waals surface area contributed by atoms with E-state index in [-0.39, 0.29) is 29.4 Å². The molecule has 2 aromatic rings. The van der Waals surface area contributed by atoms with Crippen LogP contribution in [0, 0.1) is 0 Å². The van der Waals surface area contributed by atoms with E-state index in [1.165, 1.54) is 14.1 Å². The van der Waals surface area contributed by atoms with Crippen LogP contribution in [0.25, 0.3) is 5.70 Å². The SMILES string of the molecule is Cn1c(N)c(N/C(=C2/COC(=O)C2=O)c2ccccc2)c(=O)n(C)c1=O. The third-order valence-electron chi connectivity index (χ3n) is 4.13. The van der Waals surface area contributed by atoms with E-state index in [4.69, 9.17) is 10.5 Å². The highest BCUT2D eigenvalue weighted by atomic mass is 16.5. The Kier molecular flexibility index (Phi) is 4.21. The summed E-state index contributed by atoms with van der Waals surface area (Å²) in [5, 5.41) is 2.84. The molecule has 3 rings (SSSR count). The van der Waals surface area contributed by atoms with Crippen LogP contribution in [-0.4, -0.2) is 27.5 Å². The minimum atomic E-state index is -0.962. The number of nitrogens with two attached hydrogens (primary N) is 1. The smallest absolute Gasteiger partial charge is 0.379 e. The molecule has 0 unspecified atom stereocenters. The quantitative estimate of drug-likeness (QED) is 0.436. The first-order chi connectivity index (χ1) is 12.3. The molecule has 0 atom stereocenters. The summed E-state index contributed by atoms with van der Waals surface area (Å²) in [4.78, 5) is 48.1. The number of cyclic esters (lactones) is 1. The average Bonchev–Trinajstić information content (AvgIpc) is 2.98. The molecular formula is C17H16N4O5. The maximum Gasteiger partial charge on any atom is 0.379 e. The Morgan fingerprint density at radius 3 is 2.31 bits per heavy atom. The zero-order chi connectivity index (χ0) is 19.0. The van der Waals surface area contributed by atoms with Crippen LogP contribution < -0.4 is 22.3 Å². The first kappa shape index (κ1) is 17.2. The maximum atomic E-state index is 12.5. The Morgan fingerprint density at radius 2 is 1.73 bits per heavy atom. The molecule has 0 amide bonds. The number of hydrogen-bond donors (Lipinski definition) is 2. The van der Waals surface area contributed by atoms with Gasteiger partial charge in [-0.25, -0.2) is 9.59 Å². The average molecular weight is 356 g/mol.